The van der Waals surface area contributed by atoms with Gasteiger partial charge in [0, 0.05) is 18.8 Å². The van der Waals surface area contributed by atoms with Crippen molar-refractivity contribution in [2.45, 2.75) is 32.1 Å². The summed E-state index contributed by atoms with van der Waals surface area (Å²) >= 11 is 0. The molecule has 0 spiro atoms. The van der Waals surface area contributed by atoms with E-state index in [1.54, 1.807) is 0 Å². The first-order chi connectivity index (χ1) is 8.40. The molecule has 0 amide bonds. The maximum absolute atomic E-state index is 9.46. The Hall–Kier alpha value is -1.02. The number of aliphatic hydroxyl groups is 1. The number of para-hydroxylation sites is 1. The van der Waals surface area contributed by atoms with E-state index in [-0.39, 0.29) is 0 Å². The first-order valence-electron chi connectivity index (χ1n) is 6.80. The molecule has 0 heterocycles. The molecule has 1 fully saturated rings. The molecule has 1 aliphatic rings. The molecule has 0 radical (unpaired) electrons. The predicted octanol–water partition coefficient (Wildman–Crippen LogP) is 3.29. The minimum absolute atomic E-state index is 0.348. The van der Waals surface area contributed by atoms with Crippen LogP contribution in [0.5, 0.6) is 0 Å². The Kier molecular flexibility index (Phi) is 4.87. The maximum atomic E-state index is 9.46. The van der Waals surface area contributed by atoms with Crippen LogP contribution in [0.15, 0.2) is 30.3 Å². The quantitative estimate of drug-likeness (QED) is 0.790. The van der Waals surface area contributed by atoms with Gasteiger partial charge in [-0.1, -0.05) is 43.9 Å². The molecule has 1 aliphatic carbocycles. The second kappa shape index (κ2) is 6.65. The predicted molar refractivity (Wildman–Crippen MR) is 72.1 cm³/mol. The van der Waals surface area contributed by atoms with Gasteiger partial charge in [0.05, 0.1) is 0 Å². The van der Waals surface area contributed by atoms with Crippen LogP contribution in [0.3, 0.4) is 0 Å². The van der Waals surface area contributed by atoms with E-state index in [1.807, 2.05) is 18.2 Å². The third-order valence-electron chi connectivity index (χ3n) is 3.92. The summed E-state index contributed by atoms with van der Waals surface area (Å²) in [6.45, 7) is 1.31. The van der Waals surface area contributed by atoms with Gasteiger partial charge in [0.25, 0.3) is 0 Å². The number of nitrogens with one attached hydrogen (secondary N) is 1. The van der Waals surface area contributed by atoms with Gasteiger partial charge in [-0.2, -0.15) is 0 Å². The average Bonchev–Trinajstić information content (AvgIpc) is 2.90. The summed E-state index contributed by atoms with van der Waals surface area (Å²) in [7, 11) is 0. The van der Waals surface area contributed by atoms with Gasteiger partial charge in [-0.05, 0) is 30.4 Å². The van der Waals surface area contributed by atoms with Crippen molar-refractivity contribution >= 4 is 5.69 Å². The third kappa shape index (κ3) is 3.74. The van der Waals surface area contributed by atoms with E-state index in [0.717, 1.165) is 18.9 Å². The highest BCUT2D eigenvalue weighted by molar-refractivity contribution is 5.42. The smallest absolute Gasteiger partial charge is 0.0462 e. The van der Waals surface area contributed by atoms with Gasteiger partial charge in [0.15, 0.2) is 0 Å². The van der Waals surface area contributed by atoms with Gasteiger partial charge < -0.3 is 10.4 Å². The fourth-order valence-corrected chi connectivity index (χ4v) is 2.86. The molecule has 1 unspecified atom stereocenters. The summed E-state index contributed by atoms with van der Waals surface area (Å²) in [6, 6.07) is 10.3. The highest BCUT2D eigenvalue weighted by Crippen LogP contribution is 2.32. The fourth-order valence-electron chi connectivity index (χ4n) is 2.86. The molecule has 1 aromatic carbocycles. The van der Waals surface area contributed by atoms with E-state index in [4.69, 9.17) is 0 Å². The Morgan fingerprint density at radius 2 is 1.88 bits per heavy atom. The van der Waals surface area contributed by atoms with Gasteiger partial charge in [-0.3, -0.25) is 0 Å². The summed E-state index contributed by atoms with van der Waals surface area (Å²) in [5.74, 6) is 1.26. The van der Waals surface area contributed by atoms with Crippen molar-refractivity contribution in [3.63, 3.8) is 0 Å². The SMILES string of the molecule is OCC(CCNc1ccccc1)C1CCCC1. The number of benzene rings is 1. The molecule has 0 saturated heterocycles. The summed E-state index contributed by atoms with van der Waals surface area (Å²) in [5, 5.41) is 12.9. The highest BCUT2D eigenvalue weighted by atomic mass is 16.3. The van der Waals surface area contributed by atoms with Crippen molar-refractivity contribution < 1.29 is 5.11 Å². The molecule has 2 nitrogen and oxygen atoms in total. The lowest BCUT2D eigenvalue weighted by Crippen LogP contribution is -2.19. The number of aliphatic hydroxyl groups excluding tert-OH is 1. The molecule has 2 N–H and O–H groups in total. The van der Waals surface area contributed by atoms with Crippen molar-refractivity contribution in [2.24, 2.45) is 11.8 Å². The van der Waals surface area contributed by atoms with Crippen LogP contribution in [0.1, 0.15) is 32.1 Å². The standard InChI is InChI=1S/C15H23NO/c17-12-14(13-6-4-5-7-13)10-11-16-15-8-2-1-3-9-15/h1-3,8-9,13-14,16-17H,4-7,10-12H2. The Balaban J connectivity index is 1.72. The molecule has 94 valence electrons. The summed E-state index contributed by atoms with van der Waals surface area (Å²) in [5.41, 5.74) is 1.18. The lowest BCUT2D eigenvalue weighted by Gasteiger charge is -2.21. The van der Waals surface area contributed by atoms with E-state index in [0.29, 0.717) is 12.5 Å². The molecule has 0 aromatic heterocycles. The molecule has 1 saturated carbocycles. The maximum Gasteiger partial charge on any atom is 0.0462 e. The topological polar surface area (TPSA) is 32.3 Å². The Labute approximate surface area is 104 Å². The van der Waals surface area contributed by atoms with Crippen LogP contribution in [0.4, 0.5) is 5.69 Å². The Morgan fingerprint density at radius 1 is 1.18 bits per heavy atom. The van der Waals surface area contributed by atoms with Crippen molar-refractivity contribution in [3.05, 3.63) is 30.3 Å². The zero-order chi connectivity index (χ0) is 11.9. The highest BCUT2D eigenvalue weighted by Gasteiger charge is 2.23. The molecule has 0 bridgehead atoms. The molecular formula is C15H23NO. The van der Waals surface area contributed by atoms with Crippen molar-refractivity contribution in [3.8, 4) is 0 Å². The zero-order valence-corrected chi connectivity index (χ0v) is 10.4. The average molecular weight is 233 g/mol. The fraction of sp³-hybridized carbons (Fsp3) is 0.600. The minimum atomic E-state index is 0.348. The van der Waals surface area contributed by atoms with Crippen molar-refractivity contribution in [1.29, 1.82) is 0 Å². The van der Waals surface area contributed by atoms with Crippen LogP contribution in [-0.2, 0) is 0 Å². The van der Waals surface area contributed by atoms with E-state index < -0.39 is 0 Å². The number of hydrogen-bond donors (Lipinski definition) is 2. The monoisotopic (exact) mass is 233 g/mol. The summed E-state index contributed by atoms with van der Waals surface area (Å²) in [4.78, 5) is 0. The normalized spacial score (nSPS) is 18.2. The van der Waals surface area contributed by atoms with Crippen LogP contribution < -0.4 is 5.32 Å². The van der Waals surface area contributed by atoms with E-state index in [9.17, 15) is 5.11 Å². The summed E-state index contributed by atoms with van der Waals surface area (Å²) in [6.07, 6.45) is 6.42. The number of hydrogen-bond acceptors (Lipinski definition) is 2. The lowest BCUT2D eigenvalue weighted by atomic mass is 9.89. The number of rotatable bonds is 6. The van der Waals surface area contributed by atoms with Gasteiger partial charge >= 0.3 is 0 Å². The summed E-state index contributed by atoms with van der Waals surface area (Å²) < 4.78 is 0. The molecule has 1 atom stereocenters. The van der Waals surface area contributed by atoms with Crippen LogP contribution in [0, 0.1) is 11.8 Å². The van der Waals surface area contributed by atoms with E-state index in [1.165, 1.54) is 31.4 Å². The molecule has 2 rings (SSSR count). The Morgan fingerprint density at radius 3 is 2.53 bits per heavy atom. The minimum Gasteiger partial charge on any atom is -0.396 e. The van der Waals surface area contributed by atoms with E-state index in [2.05, 4.69) is 17.4 Å². The van der Waals surface area contributed by atoms with Gasteiger partial charge in [0.1, 0.15) is 0 Å². The van der Waals surface area contributed by atoms with Crippen LogP contribution in [0.2, 0.25) is 0 Å². The lowest BCUT2D eigenvalue weighted by molar-refractivity contribution is 0.171. The van der Waals surface area contributed by atoms with Gasteiger partial charge in [-0.15, -0.1) is 0 Å². The Bertz CT molecular complexity index is 306. The van der Waals surface area contributed by atoms with E-state index >= 15 is 0 Å². The number of anilines is 1. The second-order valence-corrected chi connectivity index (χ2v) is 5.07. The van der Waals surface area contributed by atoms with Crippen molar-refractivity contribution in [2.75, 3.05) is 18.5 Å². The molecule has 1 aromatic rings. The first kappa shape index (κ1) is 12.4. The van der Waals surface area contributed by atoms with Crippen molar-refractivity contribution in [1.82, 2.24) is 0 Å². The largest absolute Gasteiger partial charge is 0.396 e. The molecular weight excluding hydrogens is 210 g/mol. The van der Waals surface area contributed by atoms with Gasteiger partial charge in [-0.25, -0.2) is 0 Å². The zero-order valence-electron chi connectivity index (χ0n) is 10.4. The van der Waals surface area contributed by atoms with Crippen LogP contribution in [0.25, 0.3) is 0 Å². The third-order valence-corrected chi connectivity index (χ3v) is 3.92. The van der Waals surface area contributed by atoms with Gasteiger partial charge in [0.2, 0.25) is 0 Å². The first-order valence-corrected chi connectivity index (χ1v) is 6.80. The molecule has 17 heavy (non-hydrogen) atoms. The second-order valence-electron chi connectivity index (χ2n) is 5.07. The molecule has 0 aliphatic heterocycles. The van der Waals surface area contributed by atoms with Crippen LogP contribution >= 0.6 is 0 Å². The van der Waals surface area contributed by atoms with Crippen LogP contribution in [-0.4, -0.2) is 18.3 Å². The molecule has 2 heteroatoms.